The van der Waals surface area contributed by atoms with E-state index in [1.807, 2.05) is 54.0 Å². The molecule has 0 radical (unpaired) electrons. The second kappa shape index (κ2) is 9.56. The molecule has 2 aliphatic heterocycles. The van der Waals surface area contributed by atoms with Crippen LogP contribution in [0.3, 0.4) is 0 Å². The summed E-state index contributed by atoms with van der Waals surface area (Å²) in [6.45, 7) is 3.15. The number of methoxy groups -OCH3 is 1. The van der Waals surface area contributed by atoms with Gasteiger partial charge in [0.1, 0.15) is 17.6 Å². The fourth-order valence-corrected chi connectivity index (χ4v) is 4.58. The van der Waals surface area contributed by atoms with Crippen molar-refractivity contribution in [1.29, 1.82) is 0 Å². The van der Waals surface area contributed by atoms with Crippen LogP contribution in [0.1, 0.15) is 48.1 Å². The molecule has 0 bridgehead atoms. The van der Waals surface area contributed by atoms with Crippen molar-refractivity contribution in [3.8, 4) is 11.4 Å². The third kappa shape index (κ3) is 4.43. The van der Waals surface area contributed by atoms with Gasteiger partial charge in [-0.25, -0.2) is 0 Å². The molecule has 5 rings (SSSR count). The van der Waals surface area contributed by atoms with Crippen LogP contribution < -0.4 is 10.1 Å². The number of fused-ring (bicyclic) bond motifs is 3. The van der Waals surface area contributed by atoms with E-state index in [1.165, 1.54) is 0 Å². The molecule has 2 unspecified atom stereocenters. The van der Waals surface area contributed by atoms with Gasteiger partial charge in [-0.2, -0.15) is 0 Å². The molecule has 1 saturated heterocycles. The number of rotatable bonds is 6. The van der Waals surface area contributed by atoms with Gasteiger partial charge in [-0.15, -0.1) is 10.2 Å². The van der Waals surface area contributed by atoms with E-state index in [2.05, 4.69) is 15.5 Å². The third-order valence-electron chi connectivity index (χ3n) is 6.18. The Morgan fingerprint density at radius 1 is 1.24 bits per heavy atom. The number of aryl methyl sites for hydroxylation is 1. The van der Waals surface area contributed by atoms with Crippen LogP contribution in [-0.4, -0.2) is 52.7 Å². The van der Waals surface area contributed by atoms with Crippen molar-refractivity contribution < 1.29 is 14.3 Å². The van der Waals surface area contributed by atoms with Gasteiger partial charge in [-0.1, -0.05) is 23.7 Å². The lowest BCUT2D eigenvalue weighted by Crippen LogP contribution is -2.32. The SMILES string of the molecule is COc1ccc2c(c1)C(c1ccc(Cl)cc1)=NC(CC(=O)NCC1CCCO1)c1nnc(C)n1-2. The molecule has 1 amide bonds. The molecule has 8 nitrogen and oxygen atoms in total. The predicted octanol–water partition coefficient (Wildman–Crippen LogP) is 3.82. The number of hydrogen-bond donors (Lipinski definition) is 1. The van der Waals surface area contributed by atoms with E-state index >= 15 is 0 Å². The molecule has 1 N–H and O–H groups in total. The summed E-state index contributed by atoms with van der Waals surface area (Å²) in [5.74, 6) is 1.95. The van der Waals surface area contributed by atoms with Crippen molar-refractivity contribution in [3.05, 3.63) is 70.3 Å². The highest BCUT2D eigenvalue weighted by atomic mass is 35.5. The van der Waals surface area contributed by atoms with Gasteiger partial charge >= 0.3 is 0 Å². The molecule has 0 spiro atoms. The van der Waals surface area contributed by atoms with Gasteiger partial charge in [0, 0.05) is 29.3 Å². The summed E-state index contributed by atoms with van der Waals surface area (Å²) in [6, 6.07) is 12.8. The minimum absolute atomic E-state index is 0.0776. The molecule has 0 saturated carbocycles. The van der Waals surface area contributed by atoms with E-state index in [4.69, 9.17) is 26.1 Å². The smallest absolute Gasteiger partial charge is 0.222 e. The van der Waals surface area contributed by atoms with Gasteiger partial charge in [0.2, 0.25) is 5.91 Å². The number of aromatic nitrogens is 3. The summed E-state index contributed by atoms with van der Waals surface area (Å²) in [4.78, 5) is 18.0. The molecular formula is C25H26ClN5O3. The second-order valence-corrected chi connectivity index (χ2v) is 8.90. The number of nitrogens with one attached hydrogen (secondary N) is 1. The molecule has 2 aliphatic rings. The lowest BCUT2D eigenvalue weighted by molar-refractivity contribution is -0.122. The van der Waals surface area contributed by atoms with Crippen LogP contribution >= 0.6 is 11.6 Å². The van der Waals surface area contributed by atoms with E-state index in [0.717, 1.165) is 47.8 Å². The number of carbonyl (C=O) groups excluding carboxylic acids is 1. The summed E-state index contributed by atoms with van der Waals surface area (Å²) in [6.07, 6.45) is 2.22. The van der Waals surface area contributed by atoms with Crippen LogP contribution in [0.25, 0.3) is 5.69 Å². The Kier molecular flexibility index (Phi) is 6.34. The van der Waals surface area contributed by atoms with E-state index in [9.17, 15) is 4.79 Å². The molecular weight excluding hydrogens is 454 g/mol. The summed E-state index contributed by atoms with van der Waals surface area (Å²) in [5, 5.41) is 12.4. The Hall–Kier alpha value is -3.23. The van der Waals surface area contributed by atoms with E-state index in [1.54, 1.807) is 7.11 Å². The van der Waals surface area contributed by atoms with Crippen molar-refractivity contribution in [1.82, 2.24) is 20.1 Å². The number of hydrogen-bond acceptors (Lipinski definition) is 6. The van der Waals surface area contributed by atoms with Crippen molar-refractivity contribution in [2.45, 2.75) is 38.3 Å². The molecule has 176 valence electrons. The Morgan fingerprint density at radius 3 is 2.79 bits per heavy atom. The molecule has 3 heterocycles. The number of halogens is 1. The zero-order chi connectivity index (χ0) is 23.7. The topological polar surface area (TPSA) is 90.6 Å². The largest absolute Gasteiger partial charge is 0.497 e. The van der Waals surface area contributed by atoms with Crippen LogP contribution in [0.2, 0.25) is 5.02 Å². The Balaban J connectivity index is 1.56. The number of carbonyl (C=O) groups is 1. The average molecular weight is 480 g/mol. The summed E-state index contributed by atoms with van der Waals surface area (Å²) >= 11 is 6.15. The zero-order valence-corrected chi connectivity index (χ0v) is 19.9. The Labute approximate surface area is 203 Å². The number of ether oxygens (including phenoxy) is 2. The maximum atomic E-state index is 12.9. The van der Waals surface area contributed by atoms with Gasteiger partial charge < -0.3 is 14.8 Å². The lowest BCUT2D eigenvalue weighted by Gasteiger charge is -2.14. The lowest BCUT2D eigenvalue weighted by atomic mass is 10.00. The first-order valence-corrected chi connectivity index (χ1v) is 11.7. The molecule has 1 aromatic heterocycles. The third-order valence-corrected chi connectivity index (χ3v) is 6.43. The number of aliphatic imine (C=N–C) groups is 1. The van der Waals surface area contributed by atoms with E-state index < -0.39 is 6.04 Å². The summed E-state index contributed by atoms with van der Waals surface area (Å²) < 4.78 is 13.1. The highest BCUT2D eigenvalue weighted by molar-refractivity contribution is 6.30. The van der Waals surface area contributed by atoms with Gasteiger partial charge in [0.05, 0.1) is 31.0 Å². The van der Waals surface area contributed by atoms with Gasteiger partial charge in [-0.3, -0.25) is 14.4 Å². The van der Waals surface area contributed by atoms with Crippen LogP contribution in [0, 0.1) is 6.92 Å². The van der Waals surface area contributed by atoms with Crippen LogP contribution in [0.15, 0.2) is 47.5 Å². The van der Waals surface area contributed by atoms with E-state index in [-0.39, 0.29) is 18.4 Å². The molecule has 3 aromatic rings. The predicted molar refractivity (Wildman–Crippen MR) is 129 cm³/mol. The number of benzene rings is 2. The summed E-state index contributed by atoms with van der Waals surface area (Å²) in [7, 11) is 1.63. The van der Waals surface area contributed by atoms with Gasteiger partial charge in [-0.05, 0) is 50.1 Å². The average Bonchev–Trinajstić information content (AvgIpc) is 3.48. The Bertz CT molecular complexity index is 1230. The first-order valence-electron chi connectivity index (χ1n) is 11.4. The molecule has 1 fully saturated rings. The molecule has 9 heteroatoms. The number of amides is 1. The van der Waals surface area contributed by atoms with Crippen molar-refractivity contribution in [3.63, 3.8) is 0 Å². The fraction of sp³-hybridized carbons (Fsp3) is 0.360. The highest BCUT2D eigenvalue weighted by Crippen LogP contribution is 2.34. The van der Waals surface area contributed by atoms with Crippen molar-refractivity contribution in [2.24, 2.45) is 4.99 Å². The maximum absolute atomic E-state index is 12.9. The first kappa shape index (κ1) is 22.6. The van der Waals surface area contributed by atoms with Crippen molar-refractivity contribution in [2.75, 3.05) is 20.3 Å². The minimum atomic E-state index is -0.519. The minimum Gasteiger partial charge on any atom is -0.497 e. The quantitative estimate of drug-likeness (QED) is 0.580. The second-order valence-electron chi connectivity index (χ2n) is 8.47. The molecule has 2 aromatic carbocycles. The first-order chi connectivity index (χ1) is 16.5. The van der Waals surface area contributed by atoms with E-state index in [0.29, 0.717) is 23.1 Å². The molecule has 2 atom stereocenters. The summed E-state index contributed by atoms with van der Waals surface area (Å²) in [5.41, 5.74) is 3.38. The fourth-order valence-electron chi connectivity index (χ4n) is 4.46. The normalized spacial score (nSPS) is 19.1. The van der Waals surface area contributed by atoms with Gasteiger partial charge in [0.15, 0.2) is 5.82 Å². The van der Waals surface area contributed by atoms with Crippen LogP contribution in [0.5, 0.6) is 5.75 Å². The number of nitrogens with zero attached hydrogens (tertiary/aromatic N) is 4. The van der Waals surface area contributed by atoms with Crippen LogP contribution in [0.4, 0.5) is 0 Å². The standard InChI is InChI=1S/C25H26ClN5O3/c1-15-29-30-25-21(13-23(32)27-14-19-4-3-11-34-19)28-24(16-5-7-17(26)8-6-16)20-12-18(33-2)9-10-22(20)31(15)25/h5-10,12,19,21H,3-4,11,13-14H2,1-2H3,(H,27,32). The molecule has 0 aliphatic carbocycles. The monoisotopic (exact) mass is 479 g/mol. The zero-order valence-electron chi connectivity index (χ0n) is 19.1. The molecule has 34 heavy (non-hydrogen) atoms. The Morgan fingerprint density at radius 2 is 2.06 bits per heavy atom. The highest BCUT2D eigenvalue weighted by Gasteiger charge is 2.30. The van der Waals surface area contributed by atoms with Gasteiger partial charge in [0.25, 0.3) is 0 Å². The maximum Gasteiger partial charge on any atom is 0.222 e. The van der Waals surface area contributed by atoms with Crippen LogP contribution in [-0.2, 0) is 9.53 Å². The van der Waals surface area contributed by atoms with Crippen molar-refractivity contribution >= 4 is 23.2 Å².